The lowest BCUT2D eigenvalue weighted by atomic mass is 10.0. The van der Waals surface area contributed by atoms with Crippen molar-refractivity contribution in [3.05, 3.63) is 90.0 Å². The number of hydrogen-bond donors (Lipinski definition) is 1. The third-order valence-electron chi connectivity index (χ3n) is 4.66. The van der Waals surface area contributed by atoms with E-state index in [0.29, 0.717) is 23.6 Å². The van der Waals surface area contributed by atoms with Gasteiger partial charge in [-0.3, -0.25) is 4.79 Å². The summed E-state index contributed by atoms with van der Waals surface area (Å²) < 4.78 is 10.5. The zero-order chi connectivity index (χ0) is 22.8. The van der Waals surface area contributed by atoms with Crippen LogP contribution in [-0.4, -0.2) is 30.8 Å². The van der Waals surface area contributed by atoms with Crippen molar-refractivity contribution >= 4 is 17.6 Å². The molecule has 0 aromatic heterocycles. The fourth-order valence-corrected chi connectivity index (χ4v) is 2.89. The molecule has 32 heavy (non-hydrogen) atoms. The largest absolute Gasteiger partial charge is 0.484 e. The van der Waals surface area contributed by atoms with E-state index in [-0.39, 0.29) is 18.5 Å². The summed E-state index contributed by atoms with van der Waals surface area (Å²) in [6.07, 6.45) is 0.767. The molecular formula is C26H26N2O4. The highest BCUT2D eigenvalue weighted by Gasteiger charge is 2.08. The van der Waals surface area contributed by atoms with Crippen LogP contribution in [0, 0.1) is 0 Å². The Kier molecular flexibility index (Phi) is 8.15. The Bertz CT molecular complexity index is 1060. The lowest BCUT2D eigenvalue weighted by molar-refractivity contribution is -0.123. The molecule has 0 saturated heterocycles. The first kappa shape index (κ1) is 22.7. The maximum absolute atomic E-state index is 12.1. The van der Waals surface area contributed by atoms with E-state index in [1.54, 1.807) is 24.3 Å². The summed E-state index contributed by atoms with van der Waals surface area (Å²) >= 11 is 0. The Morgan fingerprint density at radius 2 is 1.47 bits per heavy atom. The molecule has 0 heterocycles. The maximum Gasteiger partial charge on any atom is 0.338 e. The van der Waals surface area contributed by atoms with E-state index >= 15 is 0 Å². The summed E-state index contributed by atoms with van der Waals surface area (Å²) in [6.45, 7) is 3.95. The number of hydrazone groups is 1. The number of carbonyl (C=O) groups is 2. The minimum atomic E-state index is -0.378. The van der Waals surface area contributed by atoms with Crippen LogP contribution < -0.4 is 10.2 Å². The van der Waals surface area contributed by atoms with Gasteiger partial charge in [0.15, 0.2) is 6.61 Å². The molecule has 3 aromatic carbocycles. The van der Waals surface area contributed by atoms with Crippen LogP contribution in [0.15, 0.2) is 84.0 Å². The summed E-state index contributed by atoms with van der Waals surface area (Å²) in [4.78, 5) is 23.9. The van der Waals surface area contributed by atoms with Gasteiger partial charge in [0.2, 0.25) is 0 Å². The van der Waals surface area contributed by atoms with Crippen molar-refractivity contribution in [2.45, 2.75) is 20.3 Å². The highest BCUT2D eigenvalue weighted by atomic mass is 16.5. The number of carbonyl (C=O) groups excluding carboxylic acids is 2. The van der Waals surface area contributed by atoms with Crippen molar-refractivity contribution in [2.24, 2.45) is 5.10 Å². The van der Waals surface area contributed by atoms with E-state index < -0.39 is 0 Å². The molecule has 0 unspecified atom stereocenters. The van der Waals surface area contributed by atoms with Gasteiger partial charge in [-0.15, -0.1) is 0 Å². The summed E-state index contributed by atoms with van der Waals surface area (Å²) in [6, 6.07) is 24.5. The smallest absolute Gasteiger partial charge is 0.338 e. The van der Waals surface area contributed by atoms with Crippen molar-refractivity contribution in [3.63, 3.8) is 0 Å². The molecule has 0 aliphatic rings. The van der Waals surface area contributed by atoms with E-state index in [2.05, 4.69) is 22.7 Å². The van der Waals surface area contributed by atoms with Gasteiger partial charge in [0.1, 0.15) is 5.75 Å². The first-order chi connectivity index (χ1) is 15.6. The number of esters is 1. The number of nitrogens with zero attached hydrogens (tertiary/aromatic N) is 1. The minimum absolute atomic E-state index is 0.191. The zero-order valence-electron chi connectivity index (χ0n) is 18.2. The van der Waals surface area contributed by atoms with Gasteiger partial charge in [-0.2, -0.15) is 5.10 Å². The van der Waals surface area contributed by atoms with Gasteiger partial charge in [-0.05, 0) is 54.3 Å². The fraction of sp³-hybridized carbons (Fsp3) is 0.192. The van der Waals surface area contributed by atoms with Crippen LogP contribution in [0.1, 0.15) is 36.2 Å². The molecule has 3 aromatic rings. The molecule has 6 nitrogen and oxygen atoms in total. The second kappa shape index (κ2) is 11.5. The fourth-order valence-electron chi connectivity index (χ4n) is 2.89. The second-order valence-electron chi connectivity index (χ2n) is 7.12. The SMILES string of the molecule is CCCOC(=O)c1ccc(OCC(=O)N/N=C(\C)c2ccc(-c3ccccc3)cc2)cc1. The molecule has 1 N–H and O–H groups in total. The normalized spacial score (nSPS) is 11.0. The van der Waals surface area contributed by atoms with Gasteiger partial charge in [0.05, 0.1) is 17.9 Å². The Morgan fingerprint density at radius 3 is 2.12 bits per heavy atom. The summed E-state index contributed by atoms with van der Waals surface area (Å²) in [5, 5.41) is 4.15. The molecule has 0 aliphatic carbocycles. The molecule has 1 amide bonds. The van der Waals surface area contributed by atoms with Crippen LogP contribution in [0.2, 0.25) is 0 Å². The van der Waals surface area contributed by atoms with Gasteiger partial charge < -0.3 is 9.47 Å². The molecule has 0 bridgehead atoms. The Labute approximate surface area is 187 Å². The topological polar surface area (TPSA) is 77.0 Å². The lowest BCUT2D eigenvalue weighted by Crippen LogP contribution is -2.25. The van der Waals surface area contributed by atoms with Crippen LogP contribution in [0.25, 0.3) is 11.1 Å². The van der Waals surface area contributed by atoms with Crippen molar-refractivity contribution in [2.75, 3.05) is 13.2 Å². The number of nitrogens with one attached hydrogen (secondary N) is 1. The predicted molar refractivity (Wildman–Crippen MR) is 125 cm³/mol. The maximum atomic E-state index is 12.1. The van der Waals surface area contributed by atoms with E-state index in [4.69, 9.17) is 9.47 Å². The molecule has 0 atom stereocenters. The number of rotatable bonds is 9. The molecular weight excluding hydrogens is 404 g/mol. The van der Waals surface area contributed by atoms with Crippen LogP contribution in [0.3, 0.4) is 0 Å². The highest BCUT2D eigenvalue weighted by Crippen LogP contribution is 2.19. The predicted octanol–water partition coefficient (Wildman–Crippen LogP) is 4.84. The van der Waals surface area contributed by atoms with Gasteiger partial charge >= 0.3 is 5.97 Å². The third kappa shape index (κ3) is 6.54. The Balaban J connectivity index is 1.49. The molecule has 0 aliphatic heterocycles. The van der Waals surface area contributed by atoms with E-state index in [1.807, 2.05) is 56.3 Å². The van der Waals surface area contributed by atoms with Crippen LogP contribution in [-0.2, 0) is 9.53 Å². The van der Waals surface area contributed by atoms with E-state index in [0.717, 1.165) is 23.1 Å². The van der Waals surface area contributed by atoms with Crippen molar-refractivity contribution < 1.29 is 19.1 Å². The standard InChI is InChI=1S/C26H26N2O4/c1-3-17-31-26(30)23-13-15-24(16-14-23)32-18-25(29)28-27-19(2)20-9-11-22(12-10-20)21-7-5-4-6-8-21/h4-16H,3,17-18H2,1-2H3,(H,28,29)/b27-19+. The Morgan fingerprint density at radius 1 is 0.844 bits per heavy atom. The molecule has 0 radical (unpaired) electrons. The Hall–Kier alpha value is -3.93. The zero-order valence-corrected chi connectivity index (χ0v) is 18.2. The molecule has 0 saturated carbocycles. The van der Waals surface area contributed by atoms with Gasteiger partial charge in [-0.1, -0.05) is 61.5 Å². The summed E-state index contributed by atoms with van der Waals surface area (Å²) in [7, 11) is 0. The number of ether oxygens (including phenoxy) is 2. The first-order valence-corrected chi connectivity index (χ1v) is 10.5. The van der Waals surface area contributed by atoms with Crippen molar-refractivity contribution in [3.8, 4) is 16.9 Å². The van der Waals surface area contributed by atoms with Gasteiger partial charge in [-0.25, -0.2) is 10.2 Å². The molecule has 164 valence electrons. The average molecular weight is 431 g/mol. The van der Waals surface area contributed by atoms with E-state index in [1.165, 1.54) is 0 Å². The van der Waals surface area contributed by atoms with Crippen molar-refractivity contribution in [1.82, 2.24) is 5.43 Å². The van der Waals surface area contributed by atoms with Crippen LogP contribution in [0.4, 0.5) is 0 Å². The first-order valence-electron chi connectivity index (χ1n) is 10.5. The van der Waals surface area contributed by atoms with Gasteiger partial charge in [0, 0.05) is 0 Å². The molecule has 0 fully saturated rings. The van der Waals surface area contributed by atoms with Crippen LogP contribution >= 0.6 is 0 Å². The minimum Gasteiger partial charge on any atom is -0.484 e. The molecule has 6 heteroatoms. The monoisotopic (exact) mass is 430 g/mol. The average Bonchev–Trinajstić information content (AvgIpc) is 2.85. The van der Waals surface area contributed by atoms with Gasteiger partial charge in [0.25, 0.3) is 5.91 Å². The highest BCUT2D eigenvalue weighted by molar-refractivity contribution is 5.99. The summed E-state index contributed by atoms with van der Waals surface area (Å²) in [5.74, 6) is -0.279. The van der Waals surface area contributed by atoms with Crippen LogP contribution in [0.5, 0.6) is 5.75 Å². The number of hydrogen-bond acceptors (Lipinski definition) is 5. The lowest BCUT2D eigenvalue weighted by Gasteiger charge is -2.07. The summed E-state index contributed by atoms with van der Waals surface area (Å²) in [5.41, 5.74) is 6.80. The van der Waals surface area contributed by atoms with E-state index in [9.17, 15) is 9.59 Å². The third-order valence-corrected chi connectivity index (χ3v) is 4.66. The number of amides is 1. The molecule has 3 rings (SSSR count). The quantitative estimate of drug-likeness (QED) is 0.299. The molecule has 0 spiro atoms. The second-order valence-corrected chi connectivity index (χ2v) is 7.12. The van der Waals surface area contributed by atoms with Crippen molar-refractivity contribution in [1.29, 1.82) is 0 Å². The number of benzene rings is 3.